The lowest BCUT2D eigenvalue weighted by molar-refractivity contribution is -0.138. The van der Waals surface area contributed by atoms with Gasteiger partial charge in [0.25, 0.3) is 0 Å². The topological polar surface area (TPSA) is 86.5 Å². The van der Waals surface area contributed by atoms with Crippen molar-refractivity contribution >= 4 is 5.91 Å². The number of hydrogen-bond donors (Lipinski definition) is 2. The van der Waals surface area contributed by atoms with Crippen LogP contribution < -0.4 is 15.8 Å². The van der Waals surface area contributed by atoms with Gasteiger partial charge in [0.15, 0.2) is 0 Å². The Hall–Kier alpha value is -2.65. The second kappa shape index (κ2) is 8.63. The van der Waals surface area contributed by atoms with Crippen LogP contribution in [0.15, 0.2) is 42.6 Å². The molecule has 0 aliphatic rings. The van der Waals surface area contributed by atoms with Crippen molar-refractivity contribution in [2.45, 2.75) is 18.8 Å². The Balaban J connectivity index is 1.99. The third kappa shape index (κ3) is 5.43. The molecule has 1 unspecified atom stereocenters. The fourth-order valence-electron chi connectivity index (χ4n) is 2.05. The minimum Gasteiger partial charge on any atom is -0.438 e. The van der Waals surface area contributed by atoms with Gasteiger partial charge in [-0.3, -0.25) is 4.79 Å². The van der Waals surface area contributed by atoms with Gasteiger partial charge >= 0.3 is 6.18 Å². The zero-order valence-corrected chi connectivity index (χ0v) is 13.9. The number of carbonyl (C=O) groups is 1. The molecule has 0 fully saturated rings. The van der Waals surface area contributed by atoms with E-state index in [0.29, 0.717) is 5.56 Å². The first-order valence-corrected chi connectivity index (χ1v) is 7.62. The number of halogens is 3. The molecule has 2 aromatic rings. The summed E-state index contributed by atoms with van der Waals surface area (Å²) in [6.45, 7) is 0.262. The molecule has 6 nitrogen and oxygen atoms in total. The molecule has 1 amide bonds. The highest BCUT2D eigenvalue weighted by Crippen LogP contribution is 2.37. The SMILES string of the molecule is COCC(N)C(=O)NCc1ccc(Oc2ccccc2C(F)(F)F)nc1. The Bertz CT molecular complexity index is 736. The van der Waals surface area contributed by atoms with Crippen LogP contribution in [0.25, 0.3) is 0 Å². The van der Waals surface area contributed by atoms with E-state index in [9.17, 15) is 18.0 Å². The lowest BCUT2D eigenvalue weighted by Crippen LogP contribution is -2.43. The first-order chi connectivity index (χ1) is 12.3. The van der Waals surface area contributed by atoms with Gasteiger partial charge in [0, 0.05) is 25.9 Å². The number of aromatic nitrogens is 1. The summed E-state index contributed by atoms with van der Waals surface area (Å²) < 4.78 is 48.9. The quantitative estimate of drug-likeness (QED) is 0.783. The molecule has 0 spiro atoms. The molecule has 1 aromatic heterocycles. The van der Waals surface area contributed by atoms with Crippen molar-refractivity contribution < 1.29 is 27.4 Å². The number of benzene rings is 1. The van der Waals surface area contributed by atoms with E-state index in [-0.39, 0.29) is 30.7 Å². The van der Waals surface area contributed by atoms with Crippen molar-refractivity contribution in [3.63, 3.8) is 0 Å². The van der Waals surface area contributed by atoms with Gasteiger partial charge in [-0.2, -0.15) is 13.2 Å². The second-order valence-electron chi connectivity index (χ2n) is 5.38. The zero-order valence-electron chi connectivity index (χ0n) is 13.9. The average Bonchev–Trinajstić information content (AvgIpc) is 2.60. The lowest BCUT2D eigenvalue weighted by Gasteiger charge is -2.13. The average molecular weight is 369 g/mol. The predicted octanol–water partition coefficient (Wildman–Crippen LogP) is 2.48. The van der Waals surface area contributed by atoms with Crippen molar-refractivity contribution in [3.8, 4) is 11.6 Å². The fourth-order valence-corrected chi connectivity index (χ4v) is 2.05. The van der Waals surface area contributed by atoms with Crippen LogP contribution in [0, 0.1) is 0 Å². The number of hydrogen-bond acceptors (Lipinski definition) is 5. The molecule has 1 atom stereocenters. The molecule has 2 rings (SSSR count). The largest absolute Gasteiger partial charge is 0.438 e. The highest BCUT2D eigenvalue weighted by molar-refractivity contribution is 5.81. The number of rotatable bonds is 7. The standard InChI is InChI=1S/C17H18F3N3O3/c1-25-10-13(21)16(24)23-9-11-6-7-15(22-8-11)26-14-5-3-2-4-12(14)17(18,19)20/h2-8,13H,9-10,21H2,1H3,(H,23,24). The van der Waals surface area contributed by atoms with Crippen LogP contribution in [-0.2, 0) is 22.3 Å². The van der Waals surface area contributed by atoms with E-state index in [1.807, 2.05) is 0 Å². The molecule has 1 heterocycles. The minimum absolute atomic E-state index is 0.00728. The van der Waals surface area contributed by atoms with Crippen molar-refractivity contribution in [1.82, 2.24) is 10.3 Å². The van der Waals surface area contributed by atoms with Crippen LogP contribution in [0.3, 0.4) is 0 Å². The molecular weight excluding hydrogens is 351 g/mol. The zero-order chi connectivity index (χ0) is 19.2. The summed E-state index contributed by atoms with van der Waals surface area (Å²) in [5.74, 6) is -0.710. The van der Waals surface area contributed by atoms with Gasteiger partial charge in [-0.15, -0.1) is 0 Å². The van der Waals surface area contributed by atoms with Crippen molar-refractivity contribution in [2.75, 3.05) is 13.7 Å². The molecule has 0 aliphatic carbocycles. The van der Waals surface area contributed by atoms with Crippen LogP contribution >= 0.6 is 0 Å². The molecule has 140 valence electrons. The summed E-state index contributed by atoms with van der Waals surface area (Å²) in [6.07, 6.45) is -3.13. The highest BCUT2D eigenvalue weighted by atomic mass is 19.4. The maximum Gasteiger partial charge on any atom is 0.419 e. The number of ether oxygens (including phenoxy) is 2. The molecule has 26 heavy (non-hydrogen) atoms. The third-order valence-electron chi connectivity index (χ3n) is 3.35. The molecule has 9 heteroatoms. The number of nitrogens with two attached hydrogens (primary N) is 1. The van der Waals surface area contributed by atoms with E-state index in [4.69, 9.17) is 15.2 Å². The first kappa shape index (κ1) is 19.7. The Morgan fingerprint density at radius 3 is 2.62 bits per heavy atom. The summed E-state index contributed by atoms with van der Waals surface area (Å²) in [4.78, 5) is 15.6. The van der Waals surface area contributed by atoms with Crippen LogP contribution in [0.4, 0.5) is 13.2 Å². The van der Waals surface area contributed by atoms with E-state index in [1.165, 1.54) is 37.6 Å². The van der Waals surface area contributed by atoms with Crippen molar-refractivity contribution in [2.24, 2.45) is 5.73 Å². The Morgan fingerprint density at radius 1 is 1.27 bits per heavy atom. The van der Waals surface area contributed by atoms with Gasteiger partial charge in [0.2, 0.25) is 11.8 Å². The van der Waals surface area contributed by atoms with Gasteiger partial charge in [-0.05, 0) is 17.7 Å². The molecular formula is C17H18F3N3O3. The van der Waals surface area contributed by atoms with Crippen LogP contribution in [0.2, 0.25) is 0 Å². The highest BCUT2D eigenvalue weighted by Gasteiger charge is 2.34. The summed E-state index contributed by atoms with van der Waals surface area (Å²) in [5, 5.41) is 2.61. The molecule has 0 saturated heterocycles. The van der Waals surface area contributed by atoms with Crippen LogP contribution in [-0.4, -0.2) is 30.6 Å². The smallest absolute Gasteiger partial charge is 0.419 e. The monoisotopic (exact) mass is 369 g/mol. The summed E-state index contributed by atoms with van der Waals surface area (Å²) in [6, 6.07) is 7.10. The molecule has 0 aliphatic heterocycles. The van der Waals surface area contributed by atoms with Crippen molar-refractivity contribution in [1.29, 1.82) is 0 Å². The molecule has 1 aromatic carbocycles. The second-order valence-corrected chi connectivity index (χ2v) is 5.38. The molecule has 0 bridgehead atoms. The summed E-state index contributed by atoms with van der Waals surface area (Å²) >= 11 is 0. The van der Waals surface area contributed by atoms with Crippen molar-refractivity contribution in [3.05, 3.63) is 53.7 Å². The fraction of sp³-hybridized carbons (Fsp3) is 0.294. The number of pyridine rings is 1. The Kier molecular flexibility index (Phi) is 6.53. The number of para-hydroxylation sites is 1. The van der Waals surface area contributed by atoms with Gasteiger partial charge in [-0.1, -0.05) is 18.2 Å². The minimum atomic E-state index is -4.53. The molecule has 3 N–H and O–H groups in total. The number of nitrogens with one attached hydrogen (secondary N) is 1. The Labute approximate surface area is 148 Å². The van der Waals surface area contributed by atoms with Crippen LogP contribution in [0.1, 0.15) is 11.1 Å². The molecule has 0 radical (unpaired) electrons. The third-order valence-corrected chi connectivity index (χ3v) is 3.35. The normalized spacial score (nSPS) is 12.5. The lowest BCUT2D eigenvalue weighted by atomic mass is 10.2. The summed E-state index contributed by atoms with van der Waals surface area (Å²) in [5.41, 5.74) is 5.34. The van der Waals surface area contributed by atoms with E-state index in [1.54, 1.807) is 6.07 Å². The Morgan fingerprint density at radius 2 is 2.00 bits per heavy atom. The van der Waals surface area contributed by atoms with E-state index in [2.05, 4.69) is 10.3 Å². The van der Waals surface area contributed by atoms with E-state index < -0.39 is 17.8 Å². The summed E-state index contributed by atoms with van der Waals surface area (Å²) in [7, 11) is 1.44. The van der Waals surface area contributed by atoms with Gasteiger partial charge in [0.05, 0.1) is 12.2 Å². The number of methoxy groups -OCH3 is 1. The maximum atomic E-state index is 13.0. The first-order valence-electron chi connectivity index (χ1n) is 7.62. The van der Waals surface area contributed by atoms with E-state index >= 15 is 0 Å². The van der Waals surface area contributed by atoms with E-state index in [0.717, 1.165) is 6.07 Å². The number of nitrogens with zero attached hydrogens (tertiary/aromatic N) is 1. The van der Waals surface area contributed by atoms with Crippen LogP contribution in [0.5, 0.6) is 11.6 Å². The van der Waals surface area contributed by atoms with Gasteiger partial charge in [0.1, 0.15) is 11.8 Å². The predicted molar refractivity (Wildman–Crippen MR) is 87.5 cm³/mol. The van der Waals surface area contributed by atoms with Gasteiger partial charge in [-0.25, -0.2) is 4.98 Å². The van der Waals surface area contributed by atoms with Gasteiger partial charge < -0.3 is 20.5 Å². The maximum absolute atomic E-state index is 13.0. The number of amides is 1. The number of carbonyl (C=O) groups excluding carboxylic acids is 1. The number of alkyl halides is 3. The molecule has 0 saturated carbocycles.